The van der Waals surface area contributed by atoms with Crippen LogP contribution >= 0.6 is 0 Å². The van der Waals surface area contributed by atoms with Crippen LogP contribution in [0.2, 0.25) is 0 Å². The van der Waals surface area contributed by atoms with Gasteiger partial charge in [-0.3, -0.25) is 0 Å². The zero-order chi connectivity index (χ0) is 24.1. The summed E-state index contributed by atoms with van der Waals surface area (Å²) in [6, 6.07) is 9.24. The smallest absolute Gasteiger partial charge is 0.317 e. The van der Waals surface area contributed by atoms with Crippen LogP contribution in [0.5, 0.6) is 0 Å². The molecule has 9 heteroatoms. The Balaban J connectivity index is 1.27. The number of benzene rings is 1. The Hall–Kier alpha value is -2.65. The van der Waals surface area contributed by atoms with Crippen molar-refractivity contribution in [3.8, 4) is 0 Å². The van der Waals surface area contributed by atoms with Crippen molar-refractivity contribution in [2.45, 2.75) is 51.0 Å². The van der Waals surface area contributed by atoms with Crippen LogP contribution < -0.4 is 10.2 Å². The Labute approximate surface area is 203 Å². The molecule has 0 spiro atoms. The average molecular weight is 486 g/mol. The van der Waals surface area contributed by atoms with Crippen molar-refractivity contribution in [2.24, 2.45) is 0 Å². The number of hydrogen-bond donors (Lipinski definition) is 1. The van der Waals surface area contributed by atoms with Crippen LogP contribution in [0.15, 0.2) is 41.4 Å². The summed E-state index contributed by atoms with van der Waals surface area (Å²) < 4.78 is 27.6. The van der Waals surface area contributed by atoms with Crippen LogP contribution in [0.25, 0.3) is 0 Å². The highest BCUT2D eigenvalue weighted by Crippen LogP contribution is 2.22. The molecule has 0 atom stereocenters. The summed E-state index contributed by atoms with van der Waals surface area (Å²) in [7, 11) is -3.57. The molecule has 184 valence electrons. The molecule has 2 amide bonds. The molecular weight excluding hydrogens is 450 g/mol. The molecule has 1 aromatic heterocycles. The van der Waals surface area contributed by atoms with Gasteiger partial charge in [0.15, 0.2) is 0 Å². The molecular formula is C25H35N5O3S. The van der Waals surface area contributed by atoms with E-state index in [4.69, 9.17) is 0 Å². The minimum atomic E-state index is -3.57. The number of urea groups is 1. The third kappa shape index (κ3) is 5.70. The number of aromatic nitrogens is 1. The van der Waals surface area contributed by atoms with Crippen LogP contribution in [0, 0.1) is 13.8 Å². The molecule has 2 fully saturated rings. The largest absolute Gasteiger partial charge is 0.357 e. The second-order valence-corrected chi connectivity index (χ2v) is 11.2. The normalized spacial score (nSPS) is 17.9. The molecule has 0 saturated carbocycles. The van der Waals surface area contributed by atoms with Crippen LogP contribution in [0.3, 0.4) is 0 Å². The van der Waals surface area contributed by atoms with Crippen LogP contribution in [0.1, 0.15) is 42.4 Å². The molecule has 34 heavy (non-hydrogen) atoms. The molecule has 0 aliphatic carbocycles. The van der Waals surface area contributed by atoms with E-state index >= 15 is 0 Å². The van der Waals surface area contributed by atoms with Gasteiger partial charge in [-0.1, -0.05) is 36.6 Å². The number of amides is 2. The number of nitrogens with zero attached hydrogens (tertiary/aromatic N) is 4. The Morgan fingerprint density at radius 2 is 1.65 bits per heavy atom. The fourth-order valence-electron chi connectivity index (χ4n) is 4.66. The lowest BCUT2D eigenvalue weighted by Gasteiger charge is -2.34. The van der Waals surface area contributed by atoms with E-state index in [1.54, 1.807) is 11.0 Å². The quantitative estimate of drug-likeness (QED) is 0.702. The number of piperazine rings is 1. The number of carbonyl (C=O) groups is 1. The highest BCUT2D eigenvalue weighted by Gasteiger charge is 2.31. The Morgan fingerprint density at radius 3 is 2.26 bits per heavy atom. The number of hydrogen-bond acceptors (Lipinski definition) is 5. The van der Waals surface area contributed by atoms with E-state index in [0.29, 0.717) is 24.5 Å². The van der Waals surface area contributed by atoms with Gasteiger partial charge in [-0.25, -0.2) is 18.2 Å². The van der Waals surface area contributed by atoms with Crippen molar-refractivity contribution in [2.75, 3.05) is 44.2 Å². The van der Waals surface area contributed by atoms with E-state index in [9.17, 15) is 13.2 Å². The van der Waals surface area contributed by atoms with Crippen LogP contribution in [0.4, 0.5) is 10.6 Å². The lowest BCUT2D eigenvalue weighted by molar-refractivity contribution is 0.172. The number of aryl methyl sites for hydroxylation is 2. The fraction of sp³-hybridized carbons (Fsp3) is 0.520. The molecule has 8 nitrogen and oxygen atoms in total. The predicted molar refractivity (Wildman–Crippen MR) is 133 cm³/mol. The highest BCUT2D eigenvalue weighted by molar-refractivity contribution is 7.89. The van der Waals surface area contributed by atoms with Gasteiger partial charge in [-0.05, 0) is 49.9 Å². The van der Waals surface area contributed by atoms with Gasteiger partial charge >= 0.3 is 6.03 Å². The lowest BCUT2D eigenvalue weighted by atomic mass is 10.2. The van der Waals surface area contributed by atoms with Gasteiger partial charge in [0.05, 0.1) is 4.90 Å². The topological polar surface area (TPSA) is 85.8 Å². The van der Waals surface area contributed by atoms with Crippen molar-refractivity contribution in [1.29, 1.82) is 0 Å². The SMILES string of the molecule is Cc1ccc(S(=O)(=O)N2CCN(C(=O)NCc3ccc(N4CCCCCC4)nc3)CC2)c(C)c1. The molecule has 0 unspecified atom stereocenters. The molecule has 0 radical (unpaired) electrons. The number of anilines is 1. The molecule has 2 aliphatic heterocycles. The summed E-state index contributed by atoms with van der Waals surface area (Å²) in [6.45, 7) is 7.56. The van der Waals surface area contributed by atoms with E-state index in [-0.39, 0.29) is 19.1 Å². The number of pyridine rings is 1. The number of rotatable bonds is 5. The first-order valence-corrected chi connectivity index (χ1v) is 13.6. The first-order chi connectivity index (χ1) is 16.3. The fourth-order valence-corrected chi connectivity index (χ4v) is 6.28. The summed E-state index contributed by atoms with van der Waals surface area (Å²) in [5.41, 5.74) is 2.73. The summed E-state index contributed by atoms with van der Waals surface area (Å²) in [4.78, 5) is 21.6. The van der Waals surface area contributed by atoms with E-state index in [0.717, 1.165) is 35.6 Å². The summed E-state index contributed by atoms with van der Waals surface area (Å²) >= 11 is 0. The molecule has 0 bridgehead atoms. The molecule has 4 rings (SSSR count). The molecule has 2 aliphatic rings. The van der Waals surface area contributed by atoms with E-state index in [2.05, 4.69) is 15.2 Å². The molecule has 2 saturated heterocycles. The minimum Gasteiger partial charge on any atom is -0.357 e. The van der Waals surface area contributed by atoms with Gasteiger partial charge in [0.1, 0.15) is 5.82 Å². The zero-order valence-electron chi connectivity index (χ0n) is 20.2. The van der Waals surface area contributed by atoms with Crippen molar-refractivity contribution in [3.63, 3.8) is 0 Å². The first kappa shape index (κ1) is 24.5. The highest BCUT2D eigenvalue weighted by atomic mass is 32.2. The lowest BCUT2D eigenvalue weighted by Crippen LogP contribution is -2.53. The predicted octanol–water partition coefficient (Wildman–Crippen LogP) is 3.29. The van der Waals surface area contributed by atoms with Crippen LogP contribution in [-0.4, -0.2) is 67.9 Å². The maximum Gasteiger partial charge on any atom is 0.317 e. The molecule has 2 aromatic rings. The Bertz CT molecular complexity index is 1090. The van der Waals surface area contributed by atoms with Crippen molar-refractivity contribution in [1.82, 2.24) is 19.5 Å². The Morgan fingerprint density at radius 1 is 0.941 bits per heavy atom. The van der Waals surface area contributed by atoms with E-state index < -0.39 is 10.0 Å². The van der Waals surface area contributed by atoms with Crippen molar-refractivity contribution >= 4 is 21.9 Å². The van der Waals surface area contributed by atoms with Gasteiger partial charge in [0.25, 0.3) is 0 Å². The number of nitrogens with one attached hydrogen (secondary N) is 1. The van der Waals surface area contributed by atoms with Crippen molar-refractivity contribution < 1.29 is 13.2 Å². The van der Waals surface area contributed by atoms with Gasteiger partial charge in [-0.15, -0.1) is 0 Å². The van der Waals surface area contributed by atoms with Crippen LogP contribution in [-0.2, 0) is 16.6 Å². The van der Waals surface area contributed by atoms with Gasteiger partial charge in [0.2, 0.25) is 10.0 Å². The van der Waals surface area contributed by atoms with Gasteiger partial charge in [-0.2, -0.15) is 4.31 Å². The Kier molecular flexibility index (Phi) is 7.73. The zero-order valence-corrected chi connectivity index (χ0v) is 21.0. The summed E-state index contributed by atoms with van der Waals surface area (Å²) in [5, 5.41) is 2.94. The molecule has 1 aromatic carbocycles. The van der Waals surface area contributed by atoms with Gasteiger partial charge < -0.3 is 15.1 Å². The van der Waals surface area contributed by atoms with Gasteiger partial charge in [0, 0.05) is 52.0 Å². The second kappa shape index (κ2) is 10.7. The molecule has 1 N–H and O–H groups in total. The van der Waals surface area contributed by atoms with E-state index in [1.165, 1.54) is 30.0 Å². The second-order valence-electron chi connectivity index (χ2n) is 9.24. The summed E-state index contributed by atoms with van der Waals surface area (Å²) in [5.74, 6) is 0.998. The monoisotopic (exact) mass is 485 g/mol. The third-order valence-corrected chi connectivity index (χ3v) is 8.72. The summed E-state index contributed by atoms with van der Waals surface area (Å²) in [6.07, 6.45) is 6.81. The minimum absolute atomic E-state index is 0.180. The first-order valence-electron chi connectivity index (χ1n) is 12.1. The average Bonchev–Trinajstić information content (AvgIpc) is 3.12. The number of sulfonamides is 1. The standard InChI is InChI=1S/C25H35N5O3S/c1-20-7-9-23(21(2)17-20)34(32,33)30-15-13-29(14-16-30)25(31)27-19-22-8-10-24(26-18-22)28-11-5-3-4-6-12-28/h7-10,17-18H,3-6,11-16,19H2,1-2H3,(H,27,31). The maximum atomic E-state index is 13.1. The maximum absolute atomic E-state index is 13.1. The van der Waals surface area contributed by atoms with E-state index in [1.807, 2.05) is 44.3 Å². The molecule has 3 heterocycles. The third-order valence-electron chi connectivity index (χ3n) is 6.66. The van der Waals surface area contributed by atoms with Crippen molar-refractivity contribution in [3.05, 3.63) is 53.2 Å². The number of carbonyl (C=O) groups excluding carboxylic acids is 1.